The van der Waals surface area contributed by atoms with E-state index < -0.39 is 0 Å². The molecule has 2 aliphatic heterocycles. The van der Waals surface area contributed by atoms with Gasteiger partial charge in [-0.05, 0) is 30.7 Å². The Morgan fingerprint density at radius 2 is 1.60 bits per heavy atom. The average molecular weight is 341 g/mol. The second kappa shape index (κ2) is 6.51. The van der Waals surface area contributed by atoms with Crippen molar-refractivity contribution in [2.45, 2.75) is 6.42 Å². The maximum Gasteiger partial charge on any atom is 0.255 e. The fraction of sp³-hybridized carbons (Fsp3) is 0.333. The number of carbonyl (C=O) groups is 2. The van der Waals surface area contributed by atoms with Gasteiger partial charge in [-0.15, -0.1) is 0 Å². The first-order valence-corrected chi connectivity index (χ1v) is 8.33. The Bertz CT molecular complexity index is 788. The number of ether oxygens (including phenoxy) is 2. The summed E-state index contributed by atoms with van der Waals surface area (Å²) in [7, 11) is 0. The van der Waals surface area contributed by atoms with Gasteiger partial charge in [0.15, 0.2) is 11.5 Å². The average Bonchev–Trinajstić information content (AvgIpc) is 3.27. The lowest BCUT2D eigenvalue weighted by Crippen LogP contribution is -2.37. The van der Waals surface area contributed by atoms with Crippen molar-refractivity contribution in [1.29, 1.82) is 0 Å². The summed E-state index contributed by atoms with van der Waals surface area (Å²) >= 11 is 0. The summed E-state index contributed by atoms with van der Waals surface area (Å²) in [6.45, 7) is 2.51. The number of benzene rings is 1. The van der Waals surface area contributed by atoms with E-state index >= 15 is 0 Å². The predicted molar refractivity (Wildman–Crippen MR) is 89.8 cm³/mol. The molecule has 2 aliphatic rings. The zero-order valence-electron chi connectivity index (χ0n) is 13.7. The molecule has 0 aliphatic carbocycles. The zero-order chi connectivity index (χ0) is 17.2. The summed E-state index contributed by atoms with van der Waals surface area (Å²) in [5.41, 5.74) is 1.23. The lowest BCUT2D eigenvalue weighted by Gasteiger charge is -2.22. The highest BCUT2D eigenvalue weighted by Gasteiger charge is 2.25. The van der Waals surface area contributed by atoms with Crippen molar-refractivity contribution in [3.05, 3.63) is 47.8 Å². The molecular formula is C18H19N3O4. The fourth-order valence-electron chi connectivity index (χ4n) is 3.18. The third kappa shape index (κ3) is 3.05. The normalized spacial score (nSPS) is 16.6. The van der Waals surface area contributed by atoms with Crippen molar-refractivity contribution in [3.8, 4) is 11.5 Å². The number of aromatic nitrogens is 1. The first-order valence-electron chi connectivity index (χ1n) is 8.33. The van der Waals surface area contributed by atoms with Crippen LogP contribution in [0.25, 0.3) is 0 Å². The predicted octanol–water partition coefficient (Wildman–Crippen LogP) is 1.73. The Morgan fingerprint density at radius 3 is 2.32 bits per heavy atom. The van der Waals surface area contributed by atoms with Crippen LogP contribution in [-0.2, 0) is 0 Å². The molecule has 130 valence electrons. The van der Waals surface area contributed by atoms with E-state index in [9.17, 15) is 9.59 Å². The Balaban J connectivity index is 1.44. The van der Waals surface area contributed by atoms with E-state index in [0.29, 0.717) is 48.8 Å². The summed E-state index contributed by atoms with van der Waals surface area (Å²) in [6.07, 6.45) is 4.19. The molecule has 7 nitrogen and oxygen atoms in total. The van der Waals surface area contributed by atoms with Crippen LogP contribution in [-0.4, -0.2) is 59.6 Å². The highest BCUT2D eigenvalue weighted by molar-refractivity contribution is 5.96. The van der Waals surface area contributed by atoms with Crippen LogP contribution in [0, 0.1) is 0 Å². The third-order valence-corrected chi connectivity index (χ3v) is 4.53. The first-order chi connectivity index (χ1) is 12.2. The number of carbonyl (C=O) groups excluding carboxylic acids is 2. The SMILES string of the molecule is O=C(c1cc[nH]c1)N1CCCN(C(=O)c2ccc3c(c2)OCO3)CC1. The summed E-state index contributed by atoms with van der Waals surface area (Å²) in [5.74, 6) is 1.22. The van der Waals surface area contributed by atoms with Crippen molar-refractivity contribution in [3.63, 3.8) is 0 Å². The van der Waals surface area contributed by atoms with Crippen LogP contribution in [0.2, 0.25) is 0 Å². The number of fused-ring (bicyclic) bond motifs is 1. The highest BCUT2D eigenvalue weighted by atomic mass is 16.7. The minimum atomic E-state index is -0.0470. The van der Waals surface area contributed by atoms with E-state index in [1.165, 1.54) is 0 Å². The maximum atomic E-state index is 12.8. The minimum absolute atomic E-state index is 0.00127. The highest BCUT2D eigenvalue weighted by Crippen LogP contribution is 2.32. The maximum absolute atomic E-state index is 12.8. The van der Waals surface area contributed by atoms with Crippen LogP contribution < -0.4 is 9.47 Å². The van der Waals surface area contributed by atoms with Crippen LogP contribution in [0.1, 0.15) is 27.1 Å². The molecule has 7 heteroatoms. The number of nitrogens with zero attached hydrogens (tertiary/aromatic N) is 2. The van der Waals surface area contributed by atoms with Crippen LogP contribution in [0.3, 0.4) is 0 Å². The number of amides is 2. The summed E-state index contributed by atoms with van der Waals surface area (Å²) in [4.78, 5) is 31.7. The number of hydrogen-bond donors (Lipinski definition) is 1. The summed E-state index contributed by atoms with van der Waals surface area (Å²) < 4.78 is 10.6. The second-order valence-corrected chi connectivity index (χ2v) is 6.11. The molecule has 1 N–H and O–H groups in total. The van der Waals surface area contributed by atoms with E-state index in [1.54, 1.807) is 46.5 Å². The molecule has 1 aromatic carbocycles. The van der Waals surface area contributed by atoms with Gasteiger partial charge in [0, 0.05) is 44.1 Å². The van der Waals surface area contributed by atoms with Gasteiger partial charge in [-0.3, -0.25) is 9.59 Å². The van der Waals surface area contributed by atoms with Gasteiger partial charge in [0.1, 0.15) is 0 Å². The molecule has 4 rings (SSSR count). The molecule has 25 heavy (non-hydrogen) atoms. The lowest BCUT2D eigenvalue weighted by atomic mass is 10.1. The topological polar surface area (TPSA) is 74.9 Å². The number of nitrogens with one attached hydrogen (secondary N) is 1. The van der Waals surface area contributed by atoms with Gasteiger partial charge in [-0.2, -0.15) is 0 Å². The number of hydrogen-bond acceptors (Lipinski definition) is 4. The van der Waals surface area contributed by atoms with E-state index in [1.807, 2.05) is 0 Å². The fourth-order valence-corrected chi connectivity index (χ4v) is 3.18. The van der Waals surface area contributed by atoms with Gasteiger partial charge in [-0.25, -0.2) is 0 Å². The molecule has 1 fully saturated rings. The summed E-state index contributed by atoms with van der Waals surface area (Å²) in [5, 5.41) is 0. The zero-order valence-corrected chi connectivity index (χ0v) is 13.7. The molecular weight excluding hydrogens is 322 g/mol. The number of aromatic amines is 1. The molecule has 3 heterocycles. The van der Waals surface area contributed by atoms with Crippen LogP contribution in [0.15, 0.2) is 36.7 Å². The van der Waals surface area contributed by atoms with Gasteiger partial charge in [-0.1, -0.05) is 0 Å². The van der Waals surface area contributed by atoms with Crippen LogP contribution in [0.4, 0.5) is 0 Å². The monoisotopic (exact) mass is 341 g/mol. The van der Waals surface area contributed by atoms with Crippen molar-refractivity contribution in [2.75, 3.05) is 33.0 Å². The van der Waals surface area contributed by atoms with E-state index in [-0.39, 0.29) is 18.6 Å². The van der Waals surface area contributed by atoms with Gasteiger partial charge in [0.2, 0.25) is 6.79 Å². The van der Waals surface area contributed by atoms with E-state index in [2.05, 4.69) is 4.98 Å². The standard InChI is InChI=1S/C18H19N3O4/c22-17(13-2-3-15-16(10-13)25-12-24-15)20-6-1-7-21(9-8-20)18(23)14-4-5-19-11-14/h2-5,10-11,19H,1,6-9,12H2. The quantitative estimate of drug-likeness (QED) is 0.903. The number of rotatable bonds is 2. The van der Waals surface area contributed by atoms with Crippen molar-refractivity contribution < 1.29 is 19.1 Å². The van der Waals surface area contributed by atoms with Crippen LogP contribution >= 0.6 is 0 Å². The Hall–Kier alpha value is -2.96. The molecule has 0 spiro atoms. The van der Waals surface area contributed by atoms with Gasteiger partial charge < -0.3 is 24.3 Å². The van der Waals surface area contributed by atoms with Gasteiger partial charge in [0.05, 0.1) is 5.56 Å². The molecule has 1 aromatic heterocycles. The van der Waals surface area contributed by atoms with Crippen molar-refractivity contribution in [1.82, 2.24) is 14.8 Å². The van der Waals surface area contributed by atoms with Gasteiger partial charge >= 0.3 is 0 Å². The lowest BCUT2D eigenvalue weighted by molar-refractivity contribution is 0.0718. The Labute approximate surface area is 145 Å². The first kappa shape index (κ1) is 15.6. The minimum Gasteiger partial charge on any atom is -0.454 e. The van der Waals surface area contributed by atoms with Crippen LogP contribution in [0.5, 0.6) is 11.5 Å². The number of H-pyrrole nitrogens is 1. The smallest absolute Gasteiger partial charge is 0.255 e. The second-order valence-electron chi connectivity index (χ2n) is 6.11. The molecule has 0 unspecified atom stereocenters. The molecule has 0 saturated carbocycles. The Morgan fingerprint density at radius 1 is 0.880 bits per heavy atom. The van der Waals surface area contributed by atoms with Crippen molar-refractivity contribution >= 4 is 11.8 Å². The molecule has 0 radical (unpaired) electrons. The third-order valence-electron chi connectivity index (χ3n) is 4.53. The molecule has 2 amide bonds. The molecule has 2 aromatic rings. The van der Waals surface area contributed by atoms with Crippen molar-refractivity contribution in [2.24, 2.45) is 0 Å². The largest absolute Gasteiger partial charge is 0.454 e. The molecule has 0 atom stereocenters. The van der Waals surface area contributed by atoms with E-state index in [4.69, 9.17) is 9.47 Å². The van der Waals surface area contributed by atoms with E-state index in [0.717, 1.165) is 6.42 Å². The summed E-state index contributed by atoms with van der Waals surface area (Å²) in [6, 6.07) is 7.00. The Kier molecular flexibility index (Phi) is 4.05. The molecule has 0 bridgehead atoms. The van der Waals surface area contributed by atoms with Gasteiger partial charge in [0.25, 0.3) is 11.8 Å². The molecule has 1 saturated heterocycles.